The lowest BCUT2D eigenvalue weighted by atomic mass is 12.0. The van der Waals surface area contributed by atoms with Gasteiger partial charge >= 0.3 is 2.85 Å². The molecule has 0 aromatic heterocycles. The van der Waals surface area contributed by atoms with E-state index in [2.05, 4.69) is 0 Å². The Morgan fingerprint density at radius 3 is 1.00 bits per heavy atom. The van der Waals surface area contributed by atoms with E-state index in [1.807, 2.05) is 0 Å². The first-order valence-electron chi connectivity index (χ1n) is 1.00. The lowest BCUT2D eigenvalue weighted by Crippen LogP contribution is 0.143. The summed E-state index contributed by atoms with van der Waals surface area (Å²) in [4.78, 5) is 0. The van der Waals surface area contributed by atoms with Crippen LogP contribution in [0.25, 0.3) is 0 Å². The molecule has 0 saturated carbocycles. The molecule has 0 radical (unpaired) electrons. The van der Waals surface area contributed by atoms with Gasteiger partial charge in [-0.25, -0.2) is 0 Å². The van der Waals surface area contributed by atoms with E-state index in [0.717, 1.165) is 0 Å². The average molecular weight is 72.2 g/mol. The fraction of sp³-hybridized carbons (Fsp3) is 1.00. The van der Waals surface area contributed by atoms with Crippen molar-refractivity contribution in [3.63, 3.8) is 0 Å². The first kappa shape index (κ1) is 36.0. The minimum Gasteiger partial charge on any atom is -0.0776 e. The fourth-order valence-corrected chi connectivity index (χ4v) is 0. The van der Waals surface area contributed by atoms with Gasteiger partial charge in [-0.15, -0.1) is 0 Å². The molecule has 34 valence electrons. The van der Waals surface area contributed by atoms with E-state index in [-0.39, 0.29) is 32.6 Å². The molecule has 4 heavy (non-hydrogen) atoms. The Hall–Kier alpha value is 0. The van der Waals surface area contributed by atoms with Crippen molar-refractivity contribution < 1.29 is 5.82 Å². The first-order valence-corrected chi connectivity index (χ1v) is 0. The molecule has 0 fully saturated rings. The summed E-state index contributed by atoms with van der Waals surface area (Å²) in [6, 6.07) is 0. The van der Waals surface area contributed by atoms with Gasteiger partial charge in [-0.2, -0.15) is 0 Å². The molecule has 0 aromatic carbocycles. The van der Waals surface area contributed by atoms with Gasteiger partial charge in [0.15, 0.2) is 0 Å². The fourth-order valence-electron chi connectivity index (χ4n) is 0. The van der Waals surface area contributed by atoms with Crippen molar-refractivity contribution in [2.75, 3.05) is 0 Å². The molecule has 0 spiro atoms. The maximum atomic E-state index is 5.00. The molecular formula is C4H20+2. The molecular weight excluding hydrogens is 48.0 g/mol. The van der Waals surface area contributed by atoms with Crippen LogP contribution in [0.4, 0.5) is 0 Å². The minimum atomic E-state index is 0. The van der Waals surface area contributed by atoms with E-state index in [9.17, 15) is 0 Å². The standard InChI is InChI=1S/4CH4.H2/h4*1H4;1H/p+2/i;;;;1+1D/hD2. The van der Waals surface area contributed by atoms with E-state index < -0.39 is 0 Å². The summed E-state index contributed by atoms with van der Waals surface area (Å²) in [5.41, 5.74) is 0. The van der Waals surface area contributed by atoms with Crippen molar-refractivity contribution >= 4 is 0 Å². The van der Waals surface area contributed by atoms with Crippen molar-refractivity contribution in [3.8, 4) is 0 Å². The Morgan fingerprint density at radius 1 is 1.00 bits per heavy atom. The van der Waals surface area contributed by atoms with Crippen molar-refractivity contribution in [2.24, 2.45) is 0 Å². The molecule has 0 aromatic rings. The predicted molar refractivity (Wildman–Crippen MR) is 31.3 cm³/mol. The van der Waals surface area contributed by atoms with Crippen LogP contribution in [0.3, 0.4) is 0 Å². The van der Waals surface area contributed by atoms with Gasteiger partial charge in [-0.3, -0.25) is 0 Å². The molecule has 0 nitrogen and oxygen atoms in total. The highest BCUT2D eigenvalue weighted by Crippen LogP contribution is 0.147. The summed E-state index contributed by atoms with van der Waals surface area (Å²) in [5, 5.41) is 0. The van der Waals surface area contributed by atoms with Crippen molar-refractivity contribution in [2.45, 2.75) is 29.7 Å². The minimum absolute atomic E-state index is 0. The second kappa shape index (κ2) is 0. The average Bonchev–Trinajstić information content (AvgIpc) is 1.00. The molecule has 0 heteroatoms. The highest BCUT2D eigenvalue weighted by Gasteiger charge is -0.0746. The van der Waals surface area contributed by atoms with Gasteiger partial charge in [0.2, 0.25) is 0 Å². The third-order valence-corrected chi connectivity index (χ3v) is 0. The van der Waals surface area contributed by atoms with Crippen LogP contribution in [0.1, 0.15) is 35.5 Å². The summed E-state index contributed by atoms with van der Waals surface area (Å²) in [5.74, 6) is 0. The molecule has 0 unspecified atom stereocenters. The third kappa shape index (κ3) is 0. The van der Waals surface area contributed by atoms with Crippen molar-refractivity contribution in [1.82, 2.24) is 0 Å². The zero-order valence-corrected chi connectivity index (χ0v) is 0. The Morgan fingerprint density at radius 2 is 1.00 bits per heavy atom. The van der Waals surface area contributed by atoms with Gasteiger partial charge < -0.3 is 0 Å². The van der Waals surface area contributed by atoms with Crippen LogP contribution in [0.15, 0.2) is 0 Å². The quantitative estimate of drug-likeness (QED) is 0.412. The molecule has 0 bridgehead atoms. The third-order valence-electron chi connectivity index (χ3n) is 0. The number of hydrogen-bond acceptors (Lipinski definition) is 0. The van der Waals surface area contributed by atoms with Gasteiger partial charge in [0, 0.05) is 2.97 Å². The van der Waals surface area contributed by atoms with E-state index in [1.165, 1.54) is 0 Å². The van der Waals surface area contributed by atoms with E-state index in [0.29, 0.717) is 0 Å². The molecule has 0 rings (SSSR count). The monoisotopic (exact) mass is 72.2 g/mol. The van der Waals surface area contributed by atoms with Gasteiger partial charge in [-0.05, 0) is 0 Å². The Bertz CT molecular complexity index is 8.00. The molecule has 0 aliphatic heterocycles. The van der Waals surface area contributed by atoms with Crippen LogP contribution in [0.2, 0.25) is 0 Å². The van der Waals surface area contributed by atoms with Gasteiger partial charge in [0.1, 0.15) is 0 Å². The van der Waals surface area contributed by atoms with E-state index in [4.69, 9.17) is 2.97 Å². The molecule has 0 atom stereocenters. The van der Waals surface area contributed by atoms with Crippen LogP contribution in [-0.2, 0) is 0 Å². The second-order valence-corrected chi connectivity index (χ2v) is 0. The lowest BCUT2D eigenvalue weighted by Gasteiger charge is -0.0786. The molecule has 0 saturated heterocycles. The topological polar surface area (TPSA) is 0 Å². The lowest BCUT2D eigenvalue weighted by molar-refractivity contribution is 2.50. The smallest absolute Gasteiger partial charge is 0.0776 e. The van der Waals surface area contributed by atoms with Crippen LogP contribution in [0.5, 0.6) is 0 Å². The predicted octanol–water partition coefficient (Wildman–Crippen LogP) is 3.02. The highest BCUT2D eigenvalue weighted by molar-refractivity contribution is 2.51. The van der Waals surface area contributed by atoms with Crippen LogP contribution in [-0.4, -0.2) is 0 Å². The molecule has 0 amide bonds. The summed E-state index contributed by atoms with van der Waals surface area (Å²) in [6.07, 6.45) is 0. The summed E-state index contributed by atoms with van der Waals surface area (Å²) < 4.78 is 10.0. The second-order valence-electron chi connectivity index (χ2n) is 0. The van der Waals surface area contributed by atoms with Crippen molar-refractivity contribution in [1.29, 1.82) is 0 Å². The molecule has 0 aliphatic carbocycles. The van der Waals surface area contributed by atoms with Gasteiger partial charge in [0.05, 0.1) is 0 Å². The maximum Gasteiger partial charge on any atom is 1.00 e. The highest BCUT2D eigenvalue weighted by atomic mass is 12.0. The Balaban J connectivity index is -0.000000000333. The van der Waals surface area contributed by atoms with Crippen LogP contribution in [0, 0.1) is 0 Å². The zero-order chi connectivity index (χ0) is 2.00. The van der Waals surface area contributed by atoms with Crippen LogP contribution >= 0.6 is 0 Å². The first-order chi connectivity index (χ1) is 1.00. The largest absolute Gasteiger partial charge is 1.00 e. The van der Waals surface area contributed by atoms with Crippen LogP contribution < -0.4 is 0 Å². The molecule has 0 aliphatic rings. The van der Waals surface area contributed by atoms with Gasteiger partial charge in [-0.1, -0.05) is 29.7 Å². The summed E-state index contributed by atoms with van der Waals surface area (Å²) in [7, 11) is 0. The van der Waals surface area contributed by atoms with Crippen molar-refractivity contribution in [3.05, 3.63) is 0 Å². The maximum absolute atomic E-state index is 5.00. The molecule has 0 N–H and O–H groups in total. The number of rotatable bonds is 0. The zero-order valence-electron chi connectivity index (χ0n) is 4.00. The summed E-state index contributed by atoms with van der Waals surface area (Å²) in [6.45, 7) is 0. The Kier molecular flexibility index (Phi) is 0. The Labute approximate surface area is 36.9 Å². The van der Waals surface area contributed by atoms with E-state index >= 15 is 0 Å². The van der Waals surface area contributed by atoms with Gasteiger partial charge in [0.25, 0.3) is 0 Å². The normalized spacial score (nSPS) is 2.00. The summed E-state index contributed by atoms with van der Waals surface area (Å²) >= 11 is 0. The SMILES string of the molecule is C.C.C.C.[2H+].[2H+].[2H][2H]. The van der Waals surface area contributed by atoms with E-state index in [1.54, 1.807) is 0 Å². The number of hydrogen-bond donors (Lipinski definition) is 0. The molecule has 0 heterocycles.